The molecule has 0 bridgehead atoms. The van der Waals surface area contributed by atoms with Crippen molar-refractivity contribution in [3.05, 3.63) is 29.1 Å². The van der Waals surface area contributed by atoms with Crippen LogP contribution in [0, 0.1) is 11.3 Å². The van der Waals surface area contributed by atoms with E-state index in [9.17, 15) is 22.8 Å². The summed E-state index contributed by atoms with van der Waals surface area (Å²) in [6.07, 6.45) is -4.91. The van der Waals surface area contributed by atoms with Gasteiger partial charge in [-0.15, -0.1) is 0 Å². The number of nitrogens with zero attached hydrogens (tertiary/aromatic N) is 2. The highest BCUT2D eigenvalue weighted by molar-refractivity contribution is 5.89. The van der Waals surface area contributed by atoms with Crippen LogP contribution in [-0.2, 0) is 15.7 Å². The molecule has 0 saturated carbocycles. The Labute approximate surface area is 116 Å². The van der Waals surface area contributed by atoms with Gasteiger partial charge in [0.05, 0.1) is 23.9 Å². The lowest BCUT2D eigenvalue weighted by molar-refractivity contribution is -0.145. The molecule has 0 aromatic carbocycles. The average Bonchev–Trinajstić information content (AvgIpc) is 2.38. The first-order valence-electron chi connectivity index (χ1n) is 5.59. The fraction of sp³-hybridized carbons (Fsp3) is 0.333. The molecular formula is C12H9F3N2O4. The number of halogens is 3. The Balaban J connectivity index is 3.41. The Morgan fingerprint density at radius 2 is 2.10 bits per heavy atom. The molecule has 6 nitrogen and oxygen atoms in total. The van der Waals surface area contributed by atoms with Crippen LogP contribution in [0.3, 0.4) is 0 Å². The first-order chi connectivity index (χ1) is 9.70. The monoisotopic (exact) mass is 302 g/mol. The fourth-order valence-electron chi connectivity index (χ4n) is 1.43. The van der Waals surface area contributed by atoms with E-state index in [2.05, 4.69) is 9.72 Å². The summed E-state index contributed by atoms with van der Waals surface area (Å²) in [5, 5.41) is 17.7. The van der Waals surface area contributed by atoms with Crippen molar-refractivity contribution in [3.8, 4) is 6.07 Å². The van der Waals surface area contributed by atoms with Gasteiger partial charge >= 0.3 is 18.1 Å². The molecule has 1 N–H and O–H groups in total. The summed E-state index contributed by atoms with van der Waals surface area (Å²) < 4.78 is 42.6. The van der Waals surface area contributed by atoms with E-state index in [4.69, 9.17) is 10.4 Å². The maximum atomic E-state index is 12.7. The number of carbonyl (C=O) groups is 2. The van der Waals surface area contributed by atoms with Crippen molar-refractivity contribution in [2.45, 2.75) is 19.0 Å². The minimum absolute atomic E-state index is 0.0816. The second-order valence-electron chi connectivity index (χ2n) is 3.78. The predicted octanol–water partition coefficient (Wildman–Crippen LogP) is 1.97. The third kappa shape index (κ3) is 3.92. The highest BCUT2D eigenvalue weighted by Gasteiger charge is 2.35. The largest absolute Gasteiger partial charge is 0.478 e. The lowest BCUT2D eigenvalue weighted by atomic mass is 10.0. The summed E-state index contributed by atoms with van der Waals surface area (Å²) in [6, 6.07) is 2.51. The second kappa shape index (κ2) is 6.21. The lowest BCUT2D eigenvalue weighted by Crippen LogP contribution is -2.19. The van der Waals surface area contributed by atoms with Gasteiger partial charge < -0.3 is 9.84 Å². The number of carboxylic acids is 1. The molecule has 1 heterocycles. The van der Waals surface area contributed by atoms with Crippen LogP contribution in [0.15, 0.2) is 12.1 Å². The molecule has 9 heteroatoms. The van der Waals surface area contributed by atoms with E-state index in [0.29, 0.717) is 6.07 Å². The summed E-state index contributed by atoms with van der Waals surface area (Å²) in [4.78, 5) is 25.5. The average molecular weight is 302 g/mol. The van der Waals surface area contributed by atoms with Crippen LogP contribution >= 0.6 is 0 Å². The van der Waals surface area contributed by atoms with Gasteiger partial charge in [0.1, 0.15) is 5.69 Å². The first kappa shape index (κ1) is 16.4. The van der Waals surface area contributed by atoms with E-state index in [1.54, 1.807) is 0 Å². The number of rotatable bonds is 4. The van der Waals surface area contributed by atoms with Gasteiger partial charge in [-0.3, -0.25) is 4.79 Å². The van der Waals surface area contributed by atoms with Crippen LogP contribution in [-0.4, -0.2) is 28.6 Å². The van der Waals surface area contributed by atoms with Crippen molar-refractivity contribution in [2.24, 2.45) is 0 Å². The van der Waals surface area contributed by atoms with Gasteiger partial charge in [-0.05, 0) is 19.1 Å². The van der Waals surface area contributed by atoms with Crippen LogP contribution < -0.4 is 0 Å². The molecule has 0 aliphatic heterocycles. The molecular weight excluding hydrogens is 293 g/mol. The Morgan fingerprint density at radius 1 is 1.48 bits per heavy atom. The van der Waals surface area contributed by atoms with Crippen molar-refractivity contribution in [1.82, 2.24) is 4.98 Å². The zero-order chi connectivity index (χ0) is 16.2. The quantitative estimate of drug-likeness (QED) is 0.853. The number of ether oxygens (including phenoxy) is 1. The highest BCUT2D eigenvalue weighted by atomic mass is 19.4. The van der Waals surface area contributed by atoms with Gasteiger partial charge in [0.25, 0.3) is 0 Å². The minimum Gasteiger partial charge on any atom is -0.478 e. The molecule has 0 amide bonds. The van der Waals surface area contributed by atoms with Crippen molar-refractivity contribution < 1.29 is 32.6 Å². The van der Waals surface area contributed by atoms with Gasteiger partial charge in [-0.1, -0.05) is 0 Å². The molecule has 0 aliphatic carbocycles. The van der Waals surface area contributed by atoms with Crippen LogP contribution in [0.25, 0.3) is 0 Å². The van der Waals surface area contributed by atoms with Gasteiger partial charge in [0.2, 0.25) is 0 Å². The Hall–Kier alpha value is -2.63. The summed E-state index contributed by atoms with van der Waals surface area (Å²) in [5.41, 5.74) is -2.85. The number of hydrogen-bond donors (Lipinski definition) is 1. The van der Waals surface area contributed by atoms with Crippen LogP contribution in [0.2, 0.25) is 0 Å². The standard InChI is InChI=1S/C12H9F3N2O4/c1-2-21-11(20)7(5-16)8-3-6(10(18)19)4-9(17-8)12(13,14)15/h3-4,7H,2H2,1H3,(H,18,19). The topological polar surface area (TPSA) is 100 Å². The molecule has 1 atom stereocenters. The molecule has 0 fully saturated rings. The maximum Gasteiger partial charge on any atom is 0.433 e. The number of carbonyl (C=O) groups excluding carboxylic acids is 1. The van der Waals surface area contributed by atoms with Crippen LogP contribution in [0.1, 0.15) is 34.6 Å². The smallest absolute Gasteiger partial charge is 0.433 e. The zero-order valence-electron chi connectivity index (χ0n) is 10.6. The molecule has 0 radical (unpaired) electrons. The normalized spacial score (nSPS) is 12.3. The third-order valence-corrected chi connectivity index (χ3v) is 2.33. The molecule has 1 unspecified atom stereocenters. The lowest BCUT2D eigenvalue weighted by Gasteiger charge is -2.12. The van der Waals surface area contributed by atoms with Gasteiger partial charge in [-0.25, -0.2) is 9.78 Å². The number of hydrogen-bond acceptors (Lipinski definition) is 5. The van der Waals surface area contributed by atoms with Crippen LogP contribution in [0.5, 0.6) is 0 Å². The fourth-order valence-corrected chi connectivity index (χ4v) is 1.43. The van der Waals surface area contributed by atoms with E-state index >= 15 is 0 Å². The van der Waals surface area contributed by atoms with Crippen molar-refractivity contribution in [2.75, 3.05) is 6.61 Å². The molecule has 21 heavy (non-hydrogen) atoms. The third-order valence-electron chi connectivity index (χ3n) is 2.33. The van der Waals surface area contributed by atoms with Gasteiger partial charge in [0, 0.05) is 0 Å². The Kier molecular flexibility index (Phi) is 4.86. The number of carboxylic acid groups (broad SMARTS) is 1. The maximum absolute atomic E-state index is 12.7. The molecule has 0 saturated heterocycles. The molecule has 0 aliphatic rings. The van der Waals surface area contributed by atoms with E-state index in [-0.39, 0.29) is 6.61 Å². The van der Waals surface area contributed by atoms with E-state index < -0.39 is 41.0 Å². The number of esters is 1. The Morgan fingerprint density at radius 3 is 2.52 bits per heavy atom. The van der Waals surface area contributed by atoms with Crippen molar-refractivity contribution in [3.63, 3.8) is 0 Å². The SMILES string of the molecule is CCOC(=O)C(C#N)c1cc(C(=O)O)cc(C(F)(F)F)n1. The number of nitriles is 1. The van der Waals surface area contributed by atoms with Crippen molar-refractivity contribution >= 4 is 11.9 Å². The van der Waals surface area contributed by atoms with E-state index in [1.165, 1.54) is 13.0 Å². The number of aromatic nitrogens is 1. The Bertz CT molecular complexity index is 608. The molecule has 1 rings (SSSR count). The summed E-state index contributed by atoms with van der Waals surface area (Å²) in [5.74, 6) is -4.46. The number of pyridine rings is 1. The predicted molar refractivity (Wildman–Crippen MR) is 61.2 cm³/mol. The first-order valence-corrected chi connectivity index (χ1v) is 5.59. The van der Waals surface area contributed by atoms with Crippen LogP contribution in [0.4, 0.5) is 13.2 Å². The highest BCUT2D eigenvalue weighted by Crippen LogP contribution is 2.30. The molecule has 112 valence electrons. The van der Waals surface area contributed by atoms with E-state index in [1.807, 2.05) is 0 Å². The summed E-state index contributed by atoms with van der Waals surface area (Å²) in [7, 11) is 0. The number of alkyl halides is 3. The summed E-state index contributed by atoms with van der Waals surface area (Å²) in [6.45, 7) is 1.37. The molecule has 1 aromatic heterocycles. The van der Waals surface area contributed by atoms with Gasteiger partial charge in [-0.2, -0.15) is 18.4 Å². The van der Waals surface area contributed by atoms with Gasteiger partial charge in [0.15, 0.2) is 5.92 Å². The molecule has 1 aromatic rings. The van der Waals surface area contributed by atoms with Crippen molar-refractivity contribution in [1.29, 1.82) is 5.26 Å². The zero-order valence-corrected chi connectivity index (χ0v) is 10.6. The minimum atomic E-state index is -4.91. The second-order valence-corrected chi connectivity index (χ2v) is 3.78. The molecule has 0 spiro atoms. The summed E-state index contributed by atoms with van der Waals surface area (Å²) >= 11 is 0. The number of aromatic carboxylic acids is 1. The van der Waals surface area contributed by atoms with E-state index in [0.717, 1.165) is 6.07 Å².